The minimum atomic E-state index is -4.56. The van der Waals surface area contributed by atoms with Gasteiger partial charge in [0.2, 0.25) is 0 Å². The van der Waals surface area contributed by atoms with Crippen LogP contribution in [0.1, 0.15) is 60.6 Å². The normalized spacial score (nSPS) is 22.9. The summed E-state index contributed by atoms with van der Waals surface area (Å²) >= 11 is 6.12. The predicted molar refractivity (Wildman–Crippen MR) is 132 cm³/mol. The average Bonchev–Trinajstić information content (AvgIpc) is 3.35. The van der Waals surface area contributed by atoms with Crippen LogP contribution in [-0.4, -0.2) is 45.8 Å². The van der Waals surface area contributed by atoms with Gasteiger partial charge < -0.3 is 16.0 Å². The van der Waals surface area contributed by atoms with Gasteiger partial charge in [-0.1, -0.05) is 11.6 Å². The monoisotopic (exact) mass is 520 g/mol. The second-order valence-electron chi connectivity index (χ2n) is 9.60. The van der Waals surface area contributed by atoms with E-state index in [4.69, 9.17) is 11.6 Å². The molecule has 2 aliphatic rings. The Morgan fingerprint density at radius 2 is 1.97 bits per heavy atom. The van der Waals surface area contributed by atoms with E-state index in [1.165, 1.54) is 12.1 Å². The van der Waals surface area contributed by atoms with Crippen LogP contribution >= 0.6 is 11.6 Å². The topological polar surface area (TPSA) is 83.9 Å². The van der Waals surface area contributed by atoms with Gasteiger partial charge in [0.1, 0.15) is 5.69 Å². The molecule has 0 spiro atoms. The van der Waals surface area contributed by atoms with Crippen molar-refractivity contribution in [2.24, 2.45) is 0 Å². The van der Waals surface area contributed by atoms with Gasteiger partial charge in [-0.15, -0.1) is 0 Å². The molecule has 1 amide bonds. The zero-order valence-electron chi connectivity index (χ0n) is 19.6. The first kappa shape index (κ1) is 24.8. The number of piperidine rings is 1. The van der Waals surface area contributed by atoms with E-state index in [1.807, 2.05) is 4.68 Å². The van der Waals surface area contributed by atoms with Gasteiger partial charge in [-0.3, -0.25) is 9.48 Å². The van der Waals surface area contributed by atoms with Crippen molar-refractivity contribution in [2.75, 3.05) is 18.4 Å². The van der Waals surface area contributed by atoms with Gasteiger partial charge >= 0.3 is 6.18 Å². The highest BCUT2D eigenvalue weighted by Gasteiger charge is 2.34. The number of nitrogens with one attached hydrogen (secondary N) is 3. The molecule has 3 aromatic rings. The van der Waals surface area contributed by atoms with E-state index in [0.717, 1.165) is 51.3 Å². The second kappa shape index (κ2) is 10.3. The predicted octanol–water partition coefficient (Wildman–Crippen LogP) is 5.18. The summed E-state index contributed by atoms with van der Waals surface area (Å²) in [6.45, 7) is 1.84. The third-order valence-electron chi connectivity index (χ3n) is 6.94. The number of halogens is 4. The van der Waals surface area contributed by atoms with E-state index >= 15 is 0 Å². The van der Waals surface area contributed by atoms with Crippen LogP contribution in [0, 0.1) is 0 Å². The molecule has 1 aliphatic heterocycles. The summed E-state index contributed by atoms with van der Waals surface area (Å²) < 4.78 is 42.3. The molecule has 7 nitrogen and oxygen atoms in total. The zero-order valence-corrected chi connectivity index (χ0v) is 20.4. The first-order valence-electron chi connectivity index (χ1n) is 12.3. The molecule has 1 saturated heterocycles. The Labute approximate surface area is 211 Å². The fourth-order valence-corrected chi connectivity index (χ4v) is 5.29. The SMILES string of the molecule is O=C(N[C@@H]1CCC[C@H](Nc2cc(C(F)(F)F)nc3ccc(Cl)cc23)C1)c1cnn([C@H]2CCCNC2)c1. The standard InChI is InChI=1S/C25H28ClF3N6O/c26-16-6-7-21-20(9-16)22(11-23(34-21)25(27,28)29)32-17-3-1-4-18(10-17)33-24(36)15-12-31-35(14-15)19-5-2-8-30-13-19/h6-7,9,11-12,14,17-19,30H,1-5,8,10,13H2,(H,32,34)(H,33,36)/t17-,18+,19-/m0/s1. The van der Waals surface area contributed by atoms with E-state index in [-0.39, 0.29) is 29.5 Å². The van der Waals surface area contributed by atoms with Crippen LogP contribution in [0.3, 0.4) is 0 Å². The van der Waals surface area contributed by atoms with Crippen molar-refractivity contribution in [1.29, 1.82) is 0 Å². The minimum absolute atomic E-state index is 0.0952. The summed E-state index contributed by atoms with van der Waals surface area (Å²) in [4.78, 5) is 16.7. The molecule has 192 valence electrons. The highest BCUT2D eigenvalue weighted by molar-refractivity contribution is 6.31. The lowest BCUT2D eigenvalue weighted by Gasteiger charge is -2.31. The van der Waals surface area contributed by atoms with Crippen molar-refractivity contribution in [3.8, 4) is 0 Å². The number of carbonyl (C=O) groups excluding carboxylic acids is 1. The molecule has 1 aromatic carbocycles. The van der Waals surface area contributed by atoms with Crippen LogP contribution in [0.15, 0.2) is 36.7 Å². The van der Waals surface area contributed by atoms with Crippen LogP contribution in [0.25, 0.3) is 10.9 Å². The smallest absolute Gasteiger partial charge is 0.382 e. The molecule has 2 fully saturated rings. The van der Waals surface area contributed by atoms with Crippen LogP contribution in [0.2, 0.25) is 5.02 Å². The molecular formula is C25H28ClF3N6O. The lowest BCUT2D eigenvalue weighted by molar-refractivity contribution is -0.140. The molecule has 11 heteroatoms. The number of aromatic nitrogens is 3. The summed E-state index contributed by atoms with van der Waals surface area (Å²) in [7, 11) is 0. The van der Waals surface area contributed by atoms with Crippen LogP contribution in [0.5, 0.6) is 0 Å². The summed E-state index contributed by atoms with van der Waals surface area (Å²) in [6, 6.07) is 5.72. The number of fused-ring (bicyclic) bond motifs is 1. The third-order valence-corrected chi connectivity index (χ3v) is 7.17. The number of alkyl halides is 3. The highest BCUT2D eigenvalue weighted by Crippen LogP contribution is 2.35. The van der Waals surface area contributed by atoms with Gasteiger partial charge in [-0.2, -0.15) is 18.3 Å². The average molecular weight is 521 g/mol. The summed E-state index contributed by atoms with van der Waals surface area (Å²) in [5, 5.41) is 15.1. The maximum absolute atomic E-state index is 13.5. The molecule has 36 heavy (non-hydrogen) atoms. The number of hydrogen-bond acceptors (Lipinski definition) is 5. The number of benzene rings is 1. The highest BCUT2D eigenvalue weighted by atomic mass is 35.5. The number of rotatable bonds is 5. The Bertz CT molecular complexity index is 1240. The number of anilines is 1. The number of pyridine rings is 1. The second-order valence-corrected chi connectivity index (χ2v) is 10.0. The first-order valence-corrected chi connectivity index (χ1v) is 12.6. The maximum Gasteiger partial charge on any atom is 0.433 e. The van der Waals surface area contributed by atoms with Crippen LogP contribution < -0.4 is 16.0 Å². The van der Waals surface area contributed by atoms with E-state index in [9.17, 15) is 18.0 Å². The molecule has 0 unspecified atom stereocenters. The van der Waals surface area contributed by atoms with E-state index < -0.39 is 11.9 Å². The minimum Gasteiger partial charge on any atom is -0.382 e. The summed E-state index contributed by atoms with van der Waals surface area (Å²) in [5.74, 6) is -0.184. The molecule has 2 aromatic heterocycles. The Balaban J connectivity index is 1.27. The molecule has 3 N–H and O–H groups in total. The van der Waals surface area contributed by atoms with Gasteiger partial charge in [-0.25, -0.2) is 4.98 Å². The first-order chi connectivity index (χ1) is 17.3. The van der Waals surface area contributed by atoms with Crippen molar-refractivity contribution in [3.63, 3.8) is 0 Å². The molecule has 0 bridgehead atoms. The fraction of sp³-hybridized carbons (Fsp3) is 0.480. The number of amides is 1. The largest absolute Gasteiger partial charge is 0.433 e. The van der Waals surface area contributed by atoms with E-state index in [2.05, 4.69) is 26.0 Å². The van der Waals surface area contributed by atoms with Crippen molar-refractivity contribution in [2.45, 2.75) is 62.8 Å². The van der Waals surface area contributed by atoms with E-state index in [1.54, 1.807) is 18.5 Å². The van der Waals surface area contributed by atoms with Crippen molar-refractivity contribution in [3.05, 3.63) is 52.9 Å². The third kappa shape index (κ3) is 5.59. The lowest BCUT2D eigenvalue weighted by atomic mass is 9.90. The van der Waals surface area contributed by atoms with Crippen LogP contribution in [0.4, 0.5) is 18.9 Å². The number of hydrogen-bond donors (Lipinski definition) is 3. The molecule has 1 saturated carbocycles. The van der Waals surface area contributed by atoms with Crippen molar-refractivity contribution in [1.82, 2.24) is 25.4 Å². The zero-order chi connectivity index (χ0) is 25.3. The summed E-state index contributed by atoms with van der Waals surface area (Å²) in [5.41, 5.74) is 0.127. The van der Waals surface area contributed by atoms with Gasteiger partial charge in [-0.05, 0) is 69.3 Å². The van der Waals surface area contributed by atoms with E-state index in [0.29, 0.717) is 28.1 Å². The Morgan fingerprint density at radius 1 is 1.14 bits per heavy atom. The Kier molecular flexibility index (Phi) is 7.07. The fourth-order valence-electron chi connectivity index (χ4n) is 5.12. The van der Waals surface area contributed by atoms with Gasteiger partial charge in [0.15, 0.2) is 0 Å². The molecule has 1 aliphatic carbocycles. The van der Waals surface area contributed by atoms with Gasteiger partial charge in [0.25, 0.3) is 5.91 Å². The van der Waals surface area contributed by atoms with Gasteiger partial charge in [0, 0.05) is 40.9 Å². The number of nitrogens with zero attached hydrogens (tertiary/aromatic N) is 3. The van der Waals surface area contributed by atoms with Crippen molar-refractivity contribution < 1.29 is 18.0 Å². The Morgan fingerprint density at radius 3 is 2.75 bits per heavy atom. The molecule has 0 radical (unpaired) electrons. The number of carbonyl (C=O) groups is 1. The van der Waals surface area contributed by atoms with Crippen molar-refractivity contribution >= 4 is 34.1 Å². The quantitative estimate of drug-likeness (QED) is 0.432. The van der Waals surface area contributed by atoms with Crippen LogP contribution in [-0.2, 0) is 6.18 Å². The summed E-state index contributed by atoms with van der Waals surface area (Å²) in [6.07, 6.45) is 3.94. The molecule has 5 rings (SSSR count). The maximum atomic E-state index is 13.5. The lowest BCUT2D eigenvalue weighted by Crippen LogP contribution is -2.41. The molecular weight excluding hydrogens is 493 g/mol. The molecule has 3 heterocycles. The van der Waals surface area contributed by atoms with Gasteiger partial charge in [0.05, 0.1) is 23.3 Å². The Hall–Kier alpha value is -2.85. The molecule has 3 atom stereocenters.